The Bertz CT molecular complexity index is 867. The van der Waals surface area contributed by atoms with Crippen LogP contribution in [0.5, 0.6) is 0 Å². The summed E-state index contributed by atoms with van der Waals surface area (Å²) in [4.78, 5) is 4.93. The highest BCUT2D eigenvalue weighted by atomic mass is 15.1. The predicted molar refractivity (Wildman–Crippen MR) is 102 cm³/mol. The first-order chi connectivity index (χ1) is 12.4. The number of hydrogen-bond acceptors (Lipinski definition) is 1. The molecule has 1 aromatic heterocycles. The molecule has 0 aliphatic heterocycles. The van der Waals surface area contributed by atoms with Gasteiger partial charge in [-0.05, 0) is 11.1 Å². The zero-order valence-electron chi connectivity index (χ0n) is 14.0. The van der Waals surface area contributed by atoms with E-state index in [4.69, 9.17) is 4.98 Å². The largest absolute Gasteiger partial charge is 0.330 e. The van der Waals surface area contributed by atoms with Gasteiger partial charge in [0.1, 0.15) is 5.82 Å². The van der Waals surface area contributed by atoms with Crippen molar-refractivity contribution in [3.63, 3.8) is 0 Å². The van der Waals surface area contributed by atoms with E-state index < -0.39 is 0 Å². The van der Waals surface area contributed by atoms with Gasteiger partial charge in [0, 0.05) is 24.7 Å². The summed E-state index contributed by atoms with van der Waals surface area (Å²) < 4.78 is 2.27. The second kappa shape index (κ2) is 7.18. The molecule has 0 amide bonds. The Hall–Kier alpha value is -3.13. The maximum Gasteiger partial charge on any atom is 0.114 e. The minimum atomic E-state index is 0.834. The monoisotopic (exact) mass is 324 g/mol. The summed E-state index contributed by atoms with van der Waals surface area (Å²) in [6, 6.07) is 31.4. The molecule has 122 valence electrons. The van der Waals surface area contributed by atoms with Gasteiger partial charge in [0.2, 0.25) is 0 Å². The molecule has 2 heteroatoms. The molecular weight excluding hydrogens is 304 g/mol. The lowest BCUT2D eigenvalue weighted by Gasteiger charge is -2.08. The summed E-state index contributed by atoms with van der Waals surface area (Å²) in [5, 5.41) is 0. The molecule has 3 aromatic carbocycles. The van der Waals surface area contributed by atoms with Crippen LogP contribution in [0, 0.1) is 0 Å². The Kier molecular flexibility index (Phi) is 4.42. The molecule has 0 unspecified atom stereocenters. The zero-order chi connectivity index (χ0) is 16.9. The van der Waals surface area contributed by atoms with E-state index in [9.17, 15) is 0 Å². The van der Waals surface area contributed by atoms with Crippen molar-refractivity contribution in [2.45, 2.75) is 13.0 Å². The molecule has 0 saturated carbocycles. The fourth-order valence-electron chi connectivity index (χ4n) is 3.04. The van der Waals surface area contributed by atoms with E-state index in [1.807, 2.05) is 6.07 Å². The standard InChI is InChI=1S/C23H20N2/c1-4-10-19(11-5-1)16-23-24-22(21-14-8-3-9-15-21)18-25(23)17-20-12-6-2-7-13-20/h1-15,18H,16-17H2. The Morgan fingerprint density at radius 2 is 1.20 bits per heavy atom. The van der Waals surface area contributed by atoms with Gasteiger partial charge in [0.15, 0.2) is 0 Å². The Labute approximate surface area is 148 Å². The number of nitrogens with zero attached hydrogens (tertiary/aromatic N) is 2. The summed E-state index contributed by atoms with van der Waals surface area (Å²) in [7, 11) is 0. The van der Waals surface area contributed by atoms with Crippen molar-refractivity contribution in [3.05, 3.63) is 114 Å². The normalized spacial score (nSPS) is 10.7. The topological polar surface area (TPSA) is 17.8 Å². The highest BCUT2D eigenvalue weighted by Crippen LogP contribution is 2.21. The molecule has 2 nitrogen and oxygen atoms in total. The average molecular weight is 324 g/mol. The summed E-state index contributed by atoms with van der Waals surface area (Å²) in [6.07, 6.45) is 3.00. The Morgan fingerprint density at radius 3 is 1.84 bits per heavy atom. The summed E-state index contributed by atoms with van der Waals surface area (Å²) >= 11 is 0. The molecule has 0 aliphatic carbocycles. The molecule has 0 radical (unpaired) electrons. The molecule has 0 atom stereocenters. The lowest BCUT2D eigenvalue weighted by molar-refractivity contribution is 0.740. The van der Waals surface area contributed by atoms with Gasteiger partial charge >= 0.3 is 0 Å². The molecule has 4 aromatic rings. The number of imidazole rings is 1. The van der Waals surface area contributed by atoms with Crippen molar-refractivity contribution in [1.29, 1.82) is 0 Å². The summed E-state index contributed by atoms with van der Waals surface area (Å²) in [5.41, 5.74) is 4.75. The third-order valence-electron chi connectivity index (χ3n) is 4.33. The van der Waals surface area contributed by atoms with Gasteiger partial charge in [-0.15, -0.1) is 0 Å². The van der Waals surface area contributed by atoms with Gasteiger partial charge in [0.25, 0.3) is 0 Å². The van der Waals surface area contributed by atoms with Crippen molar-refractivity contribution in [2.24, 2.45) is 0 Å². The van der Waals surface area contributed by atoms with Gasteiger partial charge in [-0.2, -0.15) is 0 Å². The quantitative estimate of drug-likeness (QED) is 0.494. The SMILES string of the molecule is c1ccc(Cc2nc(-c3ccccc3)cn2Cc2ccccc2)cc1. The molecule has 0 bridgehead atoms. The van der Waals surface area contributed by atoms with Crippen LogP contribution in [-0.2, 0) is 13.0 Å². The van der Waals surface area contributed by atoms with Gasteiger partial charge in [-0.3, -0.25) is 0 Å². The van der Waals surface area contributed by atoms with Crippen molar-refractivity contribution in [2.75, 3.05) is 0 Å². The first kappa shape index (κ1) is 15.4. The Morgan fingerprint density at radius 1 is 0.640 bits per heavy atom. The van der Waals surface area contributed by atoms with Gasteiger partial charge < -0.3 is 4.57 Å². The minimum absolute atomic E-state index is 0.834. The Balaban J connectivity index is 1.70. The first-order valence-electron chi connectivity index (χ1n) is 8.58. The van der Waals surface area contributed by atoms with Gasteiger partial charge in [-0.25, -0.2) is 4.98 Å². The van der Waals surface area contributed by atoms with E-state index in [0.717, 1.165) is 30.0 Å². The number of hydrogen-bond donors (Lipinski definition) is 0. The van der Waals surface area contributed by atoms with Crippen LogP contribution in [0.4, 0.5) is 0 Å². The molecule has 1 heterocycles. The molecule has 0 N–H and O–H groups in total. The van der Waals surface area contributed by atoms with Crippen molar-refractivity contribution < 1.29 is 0 Å². The number of benzene rings is 3. The maximum absolute atomic E-state index is 4.93. The van der Waals surface area contributed by atoms with E-state index in [2.05, 4.69) is 95.7 Å². The number of rotatable bonds is 5. The van der Waals surface area contributed by atoms with Gasteiger partial charge in [0.05, 0.1) is 5.69 Å². The zero-order valence-corrected chi connectivity index (χ0v) is 14.0. The molecule has 0 aliphatic rings. The lowest BCUT2D eigenvalue weighted by atomic mass is 10.1. The van der Waals surface area contributed by atoms with E-state index in [1.165, 1.54) is 11.1 Å². The van der Waals surface area contributed by atoms with Crippen molar-refractivity contribution in [3.8, 4) is 11.3 Å². The van der Waals surface area contributed by atoms with Crippen molar-refractivity contribution >= 4 is 0 Å². The van der Waals surface area contributed by atoms with Crippen LogP contribution in [0.25, 0.3) is 11.3 Å². The predicted octanol–water partition coefficient (Wildman–Crippen LogP) is 5.19. The van der Waals surface area contributed by atoms with E-state index >= 15 is 0 Å². The number of aromatic nitrogens is 2. The van der Waals surface area contributed by atoms with E-state index in [0.29, 0.717) is 0 Å². The smallest absolute Gasteiger partial charge is 0.114 e. The fraction of sp³-hybridized carbons (Fsp3) is 0.0870. The molecule has 25 heavy (non-hydrogen) atoms. The van der Waals surface area contributed by atoms with Crippen LogP contribution >= 0.6 is 0 Å². The van der Waals surface area contributed by atoms with Crippen LogP contribution in [0.2, 0.25) is 0 Å². The third kappa shape index (κ3) is 3.69. The van der Waals surface area contributed by atoms with Crippen molar-refractivity contribution in [1.82, 2.24) is 9.55 Å². The molecule has 0 saturated heterocycles. The van der Waals surface area contributed by atoms with Crippen LogP contribution in [0.1, 0.15) is 17.0 Å². The summed E-state index contributed by atoms with van der Waals surface area (Å²) in [6.45, 7) is 0.836. The first-order valence-corrected chi connectivity index (χ1v) is 8.58. The highest BCUT2D eigenvalue weighted by Gasteiger charge is 2.10. The molecular formula is C23H20N2. The van der Waals surface area contributed by atoms with E-state index in [-0.39, 0.29) is 0 Å². The molecule has 0 fully saturated rings. The van der Waals surface area contributed by atoms with Crippen LogP contribution < -0.4 is 0 Å². The fourth-order valence-corrected chi connectivity index (χ4v) is 3.04. The van der Waals surface area contributed by atoms with Gasteiger partial charge in [-0.1, -0.05) is 91.0 Å². The van der Waals surface area contributed by atoms with E-state index in [1.54, 1.807) is 0 Å². The summed E-state index contributed by atoms with van der Waals surface area (Å²) in [5.74, 6) is 1.09. The van der Waals surface area contributed by atoms with Crippen LogP contribution in [0.3, 0.4) is 0 Å². The molecule has 0 spiro atoms. The van der Waals surface area contributed by atoms with Crippen LogP contribution in [0.15, 0.2) is 97.2 Å². The molecule has 4 rings (SSSR count). The second-order valence-corrected chi connectivity index (χ2v) is 6.18. The third-order valence-corrected chi connectivity index (χ3v) is 4.33. The average Bonchev–Trinajstić information content (AvgIpc) is 3.06. The second-order valence-electron chi connectivity index (χ2n) is 6.18. The minimum Gasteiger partial charge on any atom is -0.330 e. The van der Waals surface area contributed by atoms with Crippen LogP contribution in [-0.4, -0.2) is 9.55 Å². The maximum atomic E-state index is 4.93. The highest BCUT2D eigenvalue weighted by molar-refractivity contribution is 5.58. The lowest BCUT2D eigenvalue weighted by Crippen LogP contribution is -2.05.